The molecule has 2 unspecified atom stereocenters. The fraction of sp³-hybridized carbons (Fsp3) is 0.600. The van der Waals surface area contributed by atoms with Crippen molar-refractivity contribution in [1.29, 1.82) is 0 Å². The standard InChI is InChI=1S/C15H23N5O14P2/c16-13-9-14(18-4-17-13)20(5-19-9)15-12(26)11(25)8(33-15)3-32-36(29,30)34-35(27,28)31-2-7(23)10(24)6(22)1-21/h1,4-8,10-12,15,22-26H,2-3H2,(H,27,28)(H,29,30)(H2,16,17,18)/t6-,7+,8-,10-,11-,12+,15-/m1/s1. The molecule has 36 heavy (non-hydrogen) atoms. The van der Waals surface area contributed by atoms with Crippen molar-refractivity contribution in [3.05, 3.63) is 12.7 Å². The maximum Gasteiger partial charge on any atom is 0.481 e. The number of aromatic nitrogens is 4. The number of fused-ring (bicyclic) bond motifs is 1. The molecule has 3 rings (SSSR count). The highest BCUT2D eigenvalue weighted by molar-refractivity contribution is 7.61. The largest absolute Gasteiger partial charge is 0.481 e. The van der Waals surface area contributed by atoms with Gasteiger partial charge in [-0.25, -0.2) is 24.1 Å². The van der Waals surface area contributed by atoms with E-state index in [9.17, 15) is 44.1 Å². The molecule has 0 radical (unpaired) electrons. The minimum Gasteiger partial charge on any atom is -0.388 e. The topological polar surface area (TPSA) is 299 Å². The first-order chi connectivity index (χ1) is 16.8. The van der Waals surface area contributed by atoms with E-state index >= 15 is 0 Å². The quantitative estimate of drug-likeness (QED) is 0.0926. The molecule has 1 aliphatic rings. The monoisotopic (exact) mass is 559 g/mol. The van der Waals surface area contributed by atoms with Crippen LogP contribution < -0.4 is 5.73 Å². The second-order valence-corrected chi connectivity index (χ2v) is 10.5. The van der Waals surface area contributed by atoms with Crippen molar-refractivity contribution < 1.29 is 67.3 Å². The van der Waals surface area contributed by atoms with E-state index in [1.807, 2.05) is 0 Å². The smallest absolute Gasteiger partial charge is 0.388 e. The van der Waals surface area contributed by atoms with Crippen molar-refractivity contribution in [1.82, 2.24) is 19.5 Å². The molecule has 0 saturated carbocycles. The fourth-order valence-electron chi connectivity index (χ4n) is 3.08. The summed E-state index contributed by atoms with van der Waals surface area (Å²) in [6.45, 7) is -2.11. The number of phosphoric acid groups is 2. The lowest BCUT2D eigenvalue weighted by Gasteiger charge is -2.22. The molecule has 2 aromatic rings. The summed E-state index contributed by atoms with van der Waals surface area (Å²) in [5, 5.41) is 48.7. The Bertz CT molecular complexity index is 1170. The highest BCUT2D eigenvalue weighted by atomic mass is 31.3. The number of aliphatic hydroxyl groups excluding tert-OH is 5. The van der Waals surface area contributed by atoms with Crippen LogP contribution >= 0.6 is 15.6 Å². The zero-order valence-corrected chi connectivity index (χ0v) is 19.7. The molecule has 0 bridgehead atoms. The number of anilines is 1. The lowest BCUT2D eigenvalue weighted by molar-refractivity contribution is -0.127. The first-order valence-electron chi connectivity index (χ1n) is 9.86. The molecule has 9 N–H and O–H groups in total. The van der Waals surface area contributed by atoms with E-state index in [0.717, 1.165) is 6.33 Å². The van der Waals surface area contributed by atoms with E-state index in [-0.39, 0.29) is 23.3 Å². The van der Waals surface area contributed by atoms with Gasteiger partial charge < -0.3 is 50.6 Å². The van der Waals surface area contributed by atoms with Gasteiger partial charge >= 0.3 is 15.6 Å². The van der Waals surface area contributed by atoms with E-state index < -0.39 is 71.7 Å². The van der Waals surface area contributed by atoms with Gasteiger partial charge in [-0.1, -0.05) is 0 Å². The van der Waals surface area contributed by atoms with Crippen molar-refractivity contribution in [2.45, 2.75) is 42.9 Å². The summed E-state index contributed by atoms with van der Waals surface area (Å²) in [5.41, 5.74) is 6.04. The number of rotatable bonds is 12. The lowest BCUT2D eigenvalue weighted by atomic mass is 10.1. The van der Waals surface area contributed by atoms with Gasteiger partial charge in [0.2, 0.25) is 0 Å². The van der Waals surface area contributed by atoms with Crippen LogP contribution in [0.2, 0.25) is 0 Å². The van der Waals surface area contributed by atoms with E-state index in [2.05, 4.69) is 28.3 Å². The molecule has 0 aromatic carbocycles. The third-order valence-corrected chi connectivity index (χ3v) is 7.50. The number of carbonyl (C=O) groups is 1. The minimum absolute atomic E-state index is 0.0441. The van der Waals surface area contributed by atoms with Gasteiger partial charge in [0.1, 0.15) is 48.5 Å². The second kappa shape index (κ2) is 11.2. The van der Waals surface area contributed by atoms with Gasteiger partial charge in [0, 0.05) is 0 Å². The minimum atomic E-state index is -5.39. The van der Waals surface area contributed by atoms with Crippen molar-refractivity contribution in [2.75, 3.05) is 18.9 Å². The SMILES string of the molecule is Nc1ncnc2c1ncn2[C@@H]1O[C@H](COP(=O)(O)OP(=O)(O)OC[C@H](O)[C@H](O)[C@H](O)C=O)[C@@H](O)[C@@H]1O. The number of aldehydes is 1. The zero-order chi connectivity index (χ0) is 26.8. The predicted molar refractivity (Wildman–Crippen MR) is 112 cm³/mol. The molecule has 3 heterocycles. The summed E-state index contributed by atoms with van der Waals surface area (Å²) in [5.74, 6) is 0.0441. The van der Waals surface area contributed by atoms with Crippen LogP contribution in [0.5, 0.6) is 0 Å². The van der Waals surface area contributed by atoms with Gasteiger partial charge in [-0.2, -0.15) is 4.31 Å². The van der Waals surface area contributed by atoms with E-state index in [4.69, 9.17) is 15.6 Å². The van der Waals surface area contributed by atoms with Crippen LogP contribution in [0, 0.1) is 0 Å². The molecular formula is C15H23N5O14P2. The average molecular weight is 559 g/mol. The number of nitrogen functional groups attached to an aromatic ring is 1. The van der Waals surface area contributed by atoms with Crippen molar-refractivity contribution in [3.8, 4) is 0 Å². The highest BCUT2D eigenvalue weighted by Gasteiger charge is 2.46. The first kappa shape index (κ1) is 28.6. The number of nitrogens with two attached hydrogens (primary N) is 1. The molecule has 1 fully saturated rings. The molecule has 21 heteroatoms. The Morgan fingerprint density at radius 3 is 2.44 bits per heavy atom. The van der Waals surface area contributed by atoms with Crippen molar-refractivity contribution >= 4 is 38.9 Å². The summed E-state index contributed by atoms with van der Waals surface area (Å²) in [4.78, 5) is 41.4. The Hall–Kier alpha value is -1.96. The third-order valence-electron chi connectivity index (χ3n) is 4.90. The van der Waals surface area contributed by atoms with E-state index in [0.29, 0.717) is 0 Å². The number of aliphatic hydroxyl groups is 5. The molecule has 1 saturated heterocycles. The molecule has 0 amide bonds. The second-order valence-electron chi connectivity index (χ2n) is 7.42. The van der Waals surface area contributed by atoms with E-state index in [1.165, 1.54) is 10.9 Å². The Balaban J connectivity index is 1.58. The normalized spacial score (nSPS) is 28.3. The number of hydrogen-bond acceptors (Lipinski definition) is 16. The summed E-state index contributed by atoms with van der Waals surface area (Å²) >= 11 is 0. The summed E-state index contributed by atoms with van der Waals surface area (Å²) < 4.78 is 43.5. The van der Waals surface area contributed by atoms with Crippen LogP contribution in [-0.2, 0) is 32.0 Å². The Kier molecular flexibility index (Phi) is 8.90. The van der Waals surface area contributed by atoms with Gasteiger partial charge in [0.05, 0.1) is 19.5 Å². The maximum absolute atomic E-state index is 12.1. The molecule has 202 valence electrons. The average Bonchev–Trinajstić information content (AvgIpc) is 3.36. The number of imidazole rings is 1. The third kappa shape index (κ3) is 6.48. The Labute approximate surface area is 200 Å². The zero-order valence-electron chi connectivity index (χ0n) is 17.9. The first-order valence-corrected chi connectivity index (χ1v) is 12.9. The van der Waals surface area contributed by atoms with Crippen LogP contribution in [0.3, 0.4) is 0 Å². The van der Waals surface area contributed by atoms with Crippen LogP contribution in [0.25, 0.3) is 11.2 Å². The van der Waals surface area contributed by atoms with E-state index in [1.54, 1.807) is 0 Å². The molecule has 0 aliphatic carbocycles. The molecule has 1 aliphatic heterocycles. The van der Waals surface area contributed by atoms with Crippen LogP contribution in [0.4, 0.5) is 5.82 Å². The van der Waals surface area contributed by atoms with Crippen LogP contribution in [0.1, 0.15) is 6.23 Å². The Morgan fingerprint density at radius 2 is 1.78 bits per heavy atom. The number of hydrogen-bond donors (Lipinski definition) is 8. The lowest BCUT2D eigenvalue weighted by Crippen LogP contribution is -2.40. The molecule has 9 atom stereocenters. The van der Waals surface area contributed by atoms with Crippen molar-refractivity contribution in [3.63, 3.8) is 0 Å². The fourth-order valence-corrected chi connectivity index (χ4v) is 5.17. The van der Waals surface area contributed by atoms with Gasteiger partial charge in [-0.3, -0.25) is 13.6 Å². The van der Waals surface area contributed by atoms with Gasteiger partial charge in [0.15, 0.2) is 24.0 Å². The van der Waals surface area contributed by atoms with Gasteiger partial charge in [-0.05, 0) is 0 Å². The number of nitrogens with zero attached hydrogens (tertiary/aromatic N) is 4. The van der Waals surface area contributed by atoms with Crippen LogP contribution in [0.15, 0.2) is 12.7 Å². The van der Waals surface area contributed by atoms with Crippen molar-refractivity contribution in [2.24, 2.45) is 0 Å². The number of phosphoric ester groups is 2. The highest BCUT2D eigenvalue weighted by Crippen LogP contribution is 2.60. The number of carbonyl (C=O) groups excluding carboxylic acids is 1. The summed E-state index contributed by atoms with van der Waals surface area (Å²) in [7, 11) is -10.8. The molecule has 2 aromatic heterocycles. The Morgan fingerprint density at radius 1 is 1.11 bits per heavy atom. The molecular weight excluding hydrogens is 536 g/mol. The molecule has 0 spiro atoms. The molecule has 19 nitrogen and oxygen atoms in total. The van der Waals surface area contributed by atoms with Gasteiger partial charge in [0.25, 0.3) is 0 Å². The predicted octanol–water partition coefficient (Wildman–Crippen LogP) is -3.44. The number of ether oxygens (including phenoxy) is 1. The maximum atomic E-state index is 12.1. The summed E-state index contributed by atoms with van der Waals surface area (Å²) in [6, 6.07) is 0. The summed E-state index contributed by atoms with van der Waals surface area (Å²) in [6.07, 6.45) is -9.91. The van der Waals surface area contributed by atoms with Gasteiger partial charge in [-0.15, -0.1) is 0 Å². The van der Waals surface area contributed by atoms with Crippen LogP contribution in [-0.4, -0.2) is 111 Å².